The molecule has 3 N–H and O–H groups in total. The largest absolute Gasteiger partial charge is 0.480 e. The van der Waals surface area contributed by atoms with Crippen LogP contribution in [0.1, 0.15) is 20.3 Å². The van der Waals surface area contributed by atoms with Crippen molar-refractivity contribution in [3.05, 3.63) is 29.0 Å². The molecular formula is C13H16ClFN2O3. The van der Waals surface area contributed by atoms with Gasteiger partial charge in [0.2, 0.25) is 0 Å². The molecule has 0 aromatic heterocycles. The lowest BCUT2D eigenvalue weighted by Gasteiger charge is -2.17. The van der Waals surface area contributed by atoms with Crippen LogP contribution in [0.15, 0.2) is 18.2 Å². The summed E-state index contributed by atoms with van der Waals surface area (Å²) in [6.45, 7) is 3.68. The fraction of sp³-hybridized carbons (Fsp3) is 0.385. The molecule has 20 heavy (non-hydrogen) atoms. The minimum atomic E-state index is -1.14. The Morgan fingerprint density at radius 3 is 2.60 bits per heavy atom. The second-order valence-electron chi connectivity index (χ2n) is 4.72. The van der Waals surface area contributed by atoms with Gasteiger partial charge in [-0.1, -0.05) is 31.5 Å². The van der Waals surface area contributed by atoms with Crippen LogP contribution in [0.25, 0.3) is 0 Å². The van der Waals surface area contributed by atoms with E-state index in [1.54, 1.807) is 0 Å². The van der Waals surface area contributed by atoms with E-state index in [4.69, 9.17) is 16.7 Å². The summed E-state index contributed by atoms with van der Waals surface area (Å²) in [5, 5.41) is 13.4. The second-order valence-corrected chi connectivity index (χ2v) is 5.13. The standard InChI is InChI=1S/C13H16ClFN2O3/c1-7(2)6-10(12(18)19)17-13(20)16-9-5-3-4-8(14)11(9)15/h3-5,7,10H,6H2,1-2H3,(H,18,19)(H2,16,17,20)/t10-/m0/s1. The molecule has 110 valence electrons. The Labute approximate surface area is 121 Å². The Hall–Kier alpha value is -1.82. The van der Waals surface area contributed by atoms with Gasteiger partial charge in [-0.05, 0) is 24.5 Å². The molecule has 5 nitrogen and oxygen atoms in total. The number of anilines is 1. The Bertz CT molecular complexity index is 508. The third kappa shape index (κ3) is 4.70. The van der Waals surface area contributed by atoms with Crippen molar-refractivity contribution in [2.24, 2.45) is 5.92 Å². The number of hydrogen-bond acceptors (Lipinski definition) is 2. The van der Waals surface area contributed by atoms with E-state index >= 15 is 0 Å². The number of carboxylic acid groups (broad SMARTS) is 1. The highest BCUT2D eigenvalue weighted by Crippen LogP contribution is 2.21. The molecule has 1 atom stereocenters. The number of rotatable bonds is 5. The molecule has 7 heteroatoms. The molecule has 0 heterocycles. The SMILES string of the molecule is CC(C)C[C@H](NC(=O)Nc1cccc(Cl)c1F)C(=O)O. The number of carboxylic acids is 1. The monoisotopic (exact) mass is 302 g/mol. The van der Waals surface area contributed by atoms with Crippen LogP contribution in [0.5, 0.6) is 0 Å². The maximum absolute atomic E-state index is 13.6. The van der Waals surface area contributed by atoms with Crippen LogP contribution in [0, 0.1) is 11.7 Å². The van der Waals surface area contributed by atoms with E-state index < -0.39 is 23.9 Å². The number of amides is 2. The van der Waals surface area contributed by atoms with Gasteiger partial charge < -0.3 is 15.7 Å². The molecule has 0 saturated carbocycles. The van der Waals surface area contributed by atoms with Crippen molar-refractivity contribution in [1.29, 1.82) is 0 Å². The first kappa shape index (κ1) is 16.2. The van der Waals surface area contributed by atoms with Gasteiger partial charge in [0, 0.05) is 0 Å². The maximum atomic E-state index is 13.6. The van der Waals surface area contributed by atoms with Crippen molar-refractivity contribution < 1.29 is 19.1 Å². The molecule has 2 amide bonds. The summed E-state index contributed by atoms with van der Waals surface area (Å²) in [7, 11) is 0. The van der Waals surface area contributed by atoms with Gasteiger partial charge in [0.15, 0.2) is 5.82 Å². The molecule has 1 aromatic rings. The quantitative estimate of drug-likeness (QED) is 0.782. The van der Waals surface area contributed by atoms with Crippen molar-refractivity contribution in [1.82, 2.24) is 5.32 Å². The predicted molar refractivity (Wildman–Crippen MR) is 74.4 cm³/mol. The van der Waals surface area contributed by atoms with Crippen LogP contribution in [-0.2, 0) is 4.79 Å². The summed E-state index contributed by atoms with van der Waals surface area (Å²) in [4.78, 5) is 22.7. The van der Waals surface area contributed by atoms with Gasteiger partial charge in [-0.3, -0.25) is 0 Å². The maximum Gasteiger partial charge on any atom is 0.326 e. The zero-order chi connectivity index (χ0) is 15.3. The van der Waals surface area contributed by atoms with E-state index in [1.807, 2.05) is 13.8 Å². The molecule has 0 unspecified atom stereocenters. The fourth-order valence-corrected chi connectivity index (χ4v) is 1.78. The number of nitrogens with one attached hydrogen (secondary N) is 2. The summed E-state index contributed by atoms with van der Waals surface area (Å²) in [6.07, 6.45) is 0.279. The first-order valence-corrected chi connectivity index (χ1v) is 6.43. The van der Waals surface area contributed by atoms with Gasteiger partial charge in [0.25, 0.3) is 0 Å². The summed E-state index contributed by atoms with van der Waals surface area (Å²) in [5.74, 6) is -1.81. The fourth-order valence-electron chi connectivity index (χ4n) is 1.61. The average Bonchev–Trinajstić information content (AvgIpc) is 2.33. The molecular weight excluding hydrogens is 287 g/mol. The predicted octanol–water partition coefficient (Wildman–Crippen LogP) is 3.10. The topological polar surface area (TPSA) is 78.4 Å². The first-order valence-electron chi connectivity index (χ1n) is 6.05. The average molecular weight is 303 g/mol. The van der Waals surface area contributed by atoms with Crippen molar-refractivity contribution >= 4 is 29.3 Å². The number of hydrogen-bond donors (Lipinski definition) is 3. The Morgan fingerprint density at radius 1 is 1.40 bits per heavy atom. The van der Waals surface area contributed by atoms with Crippen LogP contribution >= 0.6 is 11.6 Å². The van der Waals surface area contributed by atoms with Crippen molar-refractivity contribution in [3.63, 3.8) is 0 Å². The molecule has 0 aliphatic carbocycles. The molecule has 0 radical (unpaired) electrons. The smallest absolute Gasteiger partial charge is 0.326 e. The van der Waals surface area contributed by atoms with Crippen LogP contribution in [-0.4, -0.2) is 23.1 Å². The minimum absolute atomic E-state index is 0.0966. The van der Waals surface area contributed by atoms with E-state index in [-0.39, 0.29) is 23.0 Å². The lowest BCUT2D eigenvalue weighted by Crippen LogP contribution is -2.43. The summed E-state index contributed by atoms with van der Waals surface area (Å²) in [5.41, 5.74) is -0.108. The van der Waals surface area contributed by atoms with Crippen LogP contribution in [0.2, 0.25) is 5.02 Å². The number of benzene rings is 1. The van der Waals surface area contributed by atoms with Gasteiger partial charge in [-0.2, -0.15) is 0 Å². The number of carbonyl (C=O) groups is 2. The summed E-state index contributed by atoms with van der Waals surface area (Å²) in [6, 6.07) is 2.33. The van der Waals surface area contributed by atoms with Crippen molar-refractivity contribution in [3.8, 4) is 0 Å². The molecule has 0 aliphatic heterocycles. The Kier molecular flexibility index (Phi) is 5.76. The van der Waals surface area contributed by atoms with Crippen LogP contribution < -0.4 is 10.6 Å². The van der Waals surface area contributed by atoms with E-state index in [9.17, 15) is 14.0 Å². The van der Waals surface area contributed by atoms with Crippen molar-refractivity contribution in [2.75, 3.05) is 5.32 Å². The van der Waals surface area contributed by atoms with Gasteiger partial charge in [0.05, 0.1) is 10.7 Å². The lowest BCUT2D eigenvalue weighted by molar-refractivity contribution is -0.139. The summed E-state index contributed by atoms with van der Waals surface area (Å²) >= 11 is 5.58. The zero-order valence-corrected chi connectivity index (χ0v) is 11.9. The second kappa shape index (κ2) is 7.09. The third-order valence-corrected chi connectivity index (χ3v) is 2.80. The number of carbonyl (C=O) groups excluding carboxylic acids is 1. The van der Waals surface area contributed by atoms with Crippen molar-refractivity contribution in [2.45, 2.75) is 26.3 Å². The van der Waals surface area contributed by atoms with Gasteiger partial charge in [0.1, 0.15) is 6.04 Å². The first-order chi connectivity index (χ1) is 9.31. The van der Waals surface area contributed by atoms with Crippen LogP contribution in [0.3, 0.4) is 0 Å². The van der Waals surface area contributed by atoms with E-state index in [1.165, 1.54) is 18.2 Å². The van der Waals surface area contributed by atoms with E-state index in [0.29, 0.717) is 0 Å². The molecule has 0 aliphatic rings. The van der Waals surface area contributed by atoms with Crippen LogP contribution in [0.4, 0.5) is 14.9 Å². The number of halogens is 2. The van der Waals surface area contributed by atoms with E-state index in [0.717, 1.165) is 0 Å². The normalized spacial score (nSPS) is 12.1. The molecule has 0 fully saturated rings. The molecule has 0 saturated heterocycles. The number of urea groups is 1. The zero-order valence-electron chi connectivity index (χ0n) is 11.1. The molecule has 1 aromatic carbocycles. The van der Waals surface area contributed by atoms with Gasteiger partial charge in [-0.15, -0.1) is 0 Å². The Balaban J connectivity index is 2.71. The minimum Gasteiger partial charge on any atom is -0.480 e. The molecule has 0 spiro atoms. The highest BCUT2D eigenvalue weighted by atomic mass is 35.5. The van der Waals surface area contributed by atoms with E-state index in [2.05, 4.69) is 10.6 Å². The Morgan fingerprint density at radius 2 is 2.05 bits per heavy atom. The third-order valence-electron chi connectivity index (χ3n) is 2.51. The van der Waals surface area contributed by atoms with Gasteiger partial charge in [-0.25, -0.2) is 14.0 Å². The number of aliphatic carboxylic acids is 1. The molecule has 0 bridgehead atoms. The highest BCUT2D eigenvalue weighted by Gasteiger charge is 2.21. The van der Waals surface area contributed by atoms with Gasteiger partial charge >= 0.3 is 12.0 Å². The molecule has 1 rings (SSSR count). The lowest BCUT2D eigenvalue weighted by atomic mass is 10.0. The highest BCUT2D eigenvalue weighted by molar-refractivity contribution is 6.31. The summed E-state index contributed by atoms with van der Waals surface area (Å²) < 4.78 is 13.6.